The summed E-state index contributed by atoms with van der Waals surface area (Å²) in [6.45, 7) is 7.14. The predicted molar refractivity (Wildman–Crippen MR) is 96.0 cm³/mol. The molecule has 7 nitrogen and oxygen atoms in total. The summed E-state index contributed by atoms with van der Waals surface area (Å²) in [5, 5.41) is 8.43. The van der Waals surface area contributed by atoms with E-state index >= 15 is 0 Å². The molecule has 1 aromatic carbocycles. The summed E-state index contributed by atoms with van der Waals surface area (Å²) in [4.78, 5) is 0.154. The summed E-state index contributed by atoms with van der Waals surface area (Å²) in [5.41, 5.74) is 3.64. The van der Waals surface area contributed by atoms with E-state index in [4.69, 9.17) is 0 Å². The van der Waals surface area contributed by atoms with Crippen LogP contribution < -0.4 is 4.72 Å². The second-order valence-corrected chi connectivity index (χ2v) is 7.60. The van der Waals surface area contributed by atoms with Crippen molar-refractivity contribution in [2.45, 2.75) is 38.8 Å². The average molecular weight is 359 g/mol. The molecule has 3 aromatic rings. The van der Waals surface area contributed by atoms with E-state index in [2.05, 4.69) is 14.9 Å². The first kappa shape index (κ1) is 17.2. The van der Waals surface area contributed by atoms with E-state index in [9.17, 15) is 8.42 Å². The Labute approximate surface area is 147 Å². The molecule has 0 amide bonds. The van der Waals surface area contributed by atoms with Crippen molar-refractivity contribution in [3.05, 3.63) is 59.7 Å². The fourth-order valence-electron chi connectivity index (χ4n) is 2.56. The third-order valence-corrected chi connectivity index (χ3v) is 5.22. The Kier molecular flexibility index (Phi) is 4.63. The van der Waals surface area contributed by atoms with Crippen LogP contribution in [0, 0.1) is 13.8 Å². The first-order valence-corrected chi connectivity index (χ1v) is 9.51. The van der Waals surface area contributed by atoms with Gasteiger partial charge in [0.1, 0.15) is 4.90 Å². The molecule has 8 heteroatoms. The largest absolute Gasteiger partial charge is 0.280 e. The van der Waals surface area contributed by atoms with Gasteiger partial charge in [-0.3, -0.25) is 14.1 Å². The van der Waals surface area contributed by atoms with E-state index < -0.39 is 10.0 Å². The molecule has 0 fully saturated rings. The third-order valence-electron chi connectivity index (χ3n) is 3.89. The fraction of sp³-hybridized carbons (Fsp3) is 0.294. The lowest BCUT2D eigenvalue weighted by Gasteiger charge is -2.08. The first-order valence-electron chi connectivity index (χ1n) is 8.02. The number of aromatic nitrogens is 4. The highest BCUT2D eigenvalue weighted by molar-refractivity contribution is 7.92. The van der Waals surface area contributed by atoms with Crippen molar-refractivity contribution in [2.75, 3.05) is 4.72 Å². The normalized spacial score (nSPS) is 11.6. The van der Waals surface area contributed by atoms with Gasteiger partial charge in [-0.1, -0.05) is 12.1 Å². The Morgan fingerprint density at radius 1 is 1.16 bits per heavy atom. The molecule has 0 atom stereocenters. The second kappa shape index (κ2) is 6.72. The van der Waals surface area contributed by atoms with Gasteiger partial charge in [0.15, 0.2) is 0 Å². The van der Waals surface area contributed by atoms with Gasteiger partial charge in [0.2, 0.25) is 0 Å². The van der Waals surface area contributed by atoms with Crippen molar-refractivity contribution < 1.29 is 8.42 Å². The average Bonchev–Trinajstić information content (AvgIpc) is 3.16. The Hall–Kier alpha value is -2.61. The van der Waals surface area contributed by atoms with Crippen molar-refractivity contribution in [1.82, 2.24) is 19.6 Å². The molecular formula is C17H21N5O2S. The lowest BCUT2D eigenvalue weighted by molar-refractivity contribution is 0.600. The zero-order chi connectivity index (χ0) is 18.0. The summed E-state index contributed by atoms with van der Waals surface area (Å²) in [5.74, 6) is 0. The van der Waals surface area contributed by atoms with Gasteiger partial charge in [0.05, 0.1) is 18.4 Å². The summed E-state index contributed by atoms with van der Waals surface area (Å²) >= 11 is 0. The summed E-state index contributed by atoms with van der Waals surface area (Å²) in [7, 11) is -3.63. The van der Waals surface area contributed by atoms with Crippen molar-refractivity contribution in [3.63, 3.8) is 0 Å². The minimum atomic E-state index is -3.63. The smallest absolute Gasteiger partial charge is 0.265 e. The van der Waals surface area contributed by atoms with Crippen LogP contribution in [0.2, 0.25) is 0 Å². The van der Waals surface area contributed by atoms with E-state index in [1.807, 2.05) is 43.7 Å². The first-order chi connectivity index (χ1) is 11.9. The predicted octanol–water partition coefficient (Wildman–Crippen LogP) is 2.57. The van der Waals surface area contributed by atoms with E-state index in [1.165, 1.54) is 12.4 Å². The van der Waals surface area contributed by atoms with Crippen molar-refractivity contribution in [2.24, 2.45) is 0 Å². The number of benzene rings is 1. The van der Waals surface area contributed by atoms with Gasteiger partial charge in [0, 0.05) is 24.1 Å². The van der Waals surface area contributed by atoms with Crippen molar-refractivity contribution in [1.29, 1.82) is 0 Å². The molecule has 1 N–H and O–H groups in total. The van der Waals surface area contributed by atoms with Crippen LogP contribution >= 0.6 is 0 Å². The highest BCUT2D eigenvalue weighted by Crippen LogP contribution is 2.17. The minimum Gasteiger partial charge on any atom is -0.280 e. The third kappa shape index (κ3) is 3.90. The van der Waals surface area contributed by atoms with Crippen LogP contribution in [0.15, 0.2) is 47.6 Å². The molecular weight excluding hydrogens is 338 g/mol. The quantitative estimate of drug-likeness (QED) is 0.733. The summed E-state index contributed by atoms with van der Waals surface area (Å²) in [6.07, 6.45) is 2.86. The van der Waals surface area contributed by atoms with Gasteiger partial charge >= 0.3 is 0 Å². The molecule has 3 rings (SSSR count). The van der Waals surface area contributed by atoms with Crippen LogP contribution in [0.3, 0.4) is 0 Å². The van der Waals surface area contributed by atoms with E-state index in [-0.39, 0.29) is 4.90 Å². The lowest BCUT2D eigenvalue weighted by atomic mass is 10.2. The number of hydrogen-bond acceptors (Lipinski definition) is 4. The molecule has 0 aliphatic rings. The van der Waals surface area contributed by atoms with Crippen LogP contribution in [0.25, 0.3) is 0 Å². The highest BCUT2D eigenvalue weighted by Gasteiger charge is 2.16. The molecule has 2 heterocycles. The molecule has 132 valence electrons. The van der Waals surface area contributed by atoms with Crippen LogP contribution in [-0.2, 0) is 23.1 Å². The monoisotopic (exact) mass is 359 g/mol. The fourth-order valence-corrected chi connectivity index (χ4v) is 3.57. The Balaban J connectivity index is 1.73. The minimum absolute atomic E-state index is 0.154. The Morgan fingerprint density at radius 3 is 2.44 bits per heavy atom. The van der Waals surface area contributed by atoms with E-state index in [1.54, 1.807) is 16.8 Å². The molecule has 0 unspecified atom stereocenters. The van der Waals surface area contributed by atoms with E-state index in [0.29, 0.717) is 18.8 Å². The van der Waals surface area contributed by atoms with Crippen LogP contribution in [0.4, 0.5) is 5.69 Å². The molecule has 0 radical (unpaired) electrons. The highest BCUT2D eigenvalue weighted by atomic mass is 32.2. The number of nitrogens with zero attached hydrogens (tertiary/aromatic N) is 4. The van der Waals surface area contributed by atoms with Crippen molar-refractivity contribution in [3.8, 4) is 0 Å². The summed E-state index contributed by atoms with van der Waals surface area (Å²) in [6, 6.07) is 9.32. The number of hydrogen-bond donors (Lipinski definition) is 1. The van der Waals surface area contributed by atoms with Gasteiger partial charge in [-0.15, -0.1) is 0 Å². The topological polar surface area (TPSA) is 81.8 Å². The molecule has 0 bridgehead atoms. The maximum absolute atomic E-state index is 12.4. The molecule has 0 aliphatic heterocycles. The number of nitrogens with one attached hydrogen (secondary N) is 1. The number of rotatable bonds is 6. The molecule has 0 saturated carbocycles. The molecule has 0 saturated heterocycles. The molecule has 0 aliphatic carbocycles. The Morgan fingerprint density at radius 2 is 1.88 bits per heavy atom. The van der Waals surface area contributed by atoms with E-state index in [0.717, 1.165) is 17.0 Å². The SMILES string of the molecule is CCn1cc(S(=O)(=O)Nc2ccc(Cn3nc(C)cc3C)cc2)cn1. The number of anilines is 1. The Bertz CT molecular complexity index is 971. The molecule has 0 spiro atoms. The molecule has 2 aromatic heterocycles. The zero-order valence-electron chi connectivity index (χ0n) is 14.5. The van der Waals surface area contributed by atoms with Gasteiger partial charge in [-0.05, 0) is 44.5 Å². The number of aryl methyl sites for hydroxylation is 3. The van der Waals surface area contributed by atoms with Gasteiger partial charge in [0.25, 0.3) is 10.0 Å². The van der Waals surface area contributed by atoms with Crippen molar-refractivity contribution >= 4 is 15.7 Å². The number of sulfonamides is 1. The van der Waals surface area contributed by atoms with Gasteiger partial charge < -0.3 is 0 Å². The maximum Gasteiger partial charge on any atom is 0.265 e. The van der Waals surface area contributed by atoms with Crippen LogP contribution in [0.5, 0.6) is 0 Å². The van der Waals surface area contributed by atoms with Crippen LogP contribution in [-0.4, -0.2) is 28.0 Å². The molecule has 25 heavy (non-hydrogen) atoms. The van der Waals surface area contributed by atoms with Gasteiger partial charge in [-0.25, -0.2) is 8.42 Å². The summed E-state index contributed by atoms with van der Waals surface area (Å²) < 4.78 is 30.8. The second-order valence-electron chi connectivity index (χ2n) is 5.92. The standard InChI is InChI=1S/C17H21N5O2S/c1-4-21-12-17(10-18-21)25(23,24)20-16-7-5-15(6-8-16)11-22-14(3)9-13(2)19-22/h5-10,12,20H,4,11H2,1-3H3. The zero-order valence-corrected chi connectivity index (χ0v) is 15.3. The maximum atomic E-state index is 12.4. The lowest BCUT2D eigenvalue weighted by Crippen LogP contribution is -2.12. The van der Waals surface area contributed by atoms with Crippen LogP contribution in [0.1, 0.15) is 23.9 Å². The van der Waals surface area contributed by atoms with Gasteiger partial charge in [-0.2, -0.15) is 10.2 Å².